The Morgan fingerprint density at radius 2 is 1.22 bits per heavy atom. The molecule has 0 aliphatic rings. The lowest BCUT2D eigenvalue weighted by Gasteiger charge is -2.09. The van der Waals surface area contributed by atoms with Gasteiger partial charge in [-0.25, -0.2) is 9.97 Å². The van der Waals surface area contributed by atoms with Gasteiger partial charge in [-0.3, -0.25) is 0 Å². The summed E-state index contributed by atoms with van der Waals surface area (Å²) in [6, 6.07) is 34.2. The standard InChI is InChI=1S/C28H17ClN2O/c29-23-13-7-12-21-22-16-20(14-15-26(22)32-27(21)23)28-30-24(18-8-3-1-4-9-18)17-25(31-28)19-10-5-2-6-11-19/h1-17H. The second-order valence-electron chi connectivity index (χ2n) is 7.62. The van der Waals surface area contributed by atoms with Crippen molar-refractivity contribution in [3.05, 3.63) is 108 Å². The first-order valence-corrected chi connectivity index (χ1v) is 10.8. The third kappa shape index (κ3) is 3.24. The molecule has 0 unspecified atom stereocenters. The molecule has 0 saturated heterocycles. The van der Waals surface area contributed by atoms with E-state index in [2.05, 4.69) is 30.3 Å². The molecule has 0 fully saturated rings. The number of para-hydroxylation sites is 1. The third-order valence-corrected chi connectivity index (χ3v) is 5.87. The maximum atomic E-state index is 6.34. The topological polar surface area (TPSA) is 38.9 Å². The lowest BCUT2D eigenvalue weighted by Crippen LogP contribution is -1.95. The Balaban J connectivity index is 1.58. The number of fused-ring (bicyclic) bond motifs is 3. The van der Waals surface area contributed by atoms with Crippen molar-refractivity contribution in [1.82, 2.24) is 9.97 Å². The maximum Gasteiger partial charge on any atom is 0.160 e. The van der Waals surface area contributed by atoms with Crippen molar-refractivity contribution in [2.75, 3.05) is 0 Å². The van der Waals surface area contributed by atoms with Crippen LogP contribution in [0.2, 0.25) is 5.02 Å². The van der Waals surface area contributed by atoms with E-state index in [0.717, 1.165) is 44.4 Å². The third-order valence-electron chi connectivity index (χ3n) is 5.57. The Labute approximate surface area is 190 Å². The van der Waals surface area contributed by atoms with E-state index < -0.39 is 0 Å². The highest BCUT2D eigenvalue weighted by Gasteiger charge is 2.14. The highest BCUT2D eigenvalue weighted by atomic mass is 35.5. The monoisotopic (exact) mass is 432 g/mol. The lowest BCUT2D eigenvalue weighted by molar-refractivity contribution is 0.669. The fourth-order valence-electron chi connectivity index (χ4n) is 3.99. The molecule has 0 spiro atoms. The predicted molar refractivity (Wildman–Crippen MR) is 131 cm³/mol. The van der Waals surface area contributed by atoms with Gasteiger partial charge >= 0.3 is 0 Å². The van der Waals surface area contributed by atoms with Crippen LogP contribution in [0.15, 0.2) is 108 Å². The Hall–Kier alpha value is -3.95. The molecule has 2 aromatic heterocycles. The maximum absolute atomic E-state index is 6.34. The normalized spacial score (nSPS) is 11.3. The van der Waals surface area contributed by atoms with Crippen molar-refractivity contribution in [1.29, 1.82) is 0 Å². The number of hydrogen-bond acceptors (Lipinski definition) is 3. The minimum atomic E-state index is 0.605. The van der Waals surface area contributed by atoms with E-state index in [-0.39, 0.29) is 0 Å². The number of benzene rings is 4. The van der Waals surface area contributed by atoms with Gasteiger partial charge < -0.3 is 4.42 Å². The zero-order chi connectivity index (χ0) is 21.5. The Bertz CT molecular complexity index is 1520. The lowest BCUT2D eigenvalue weighted by atomic mass is 10.1. The molecule has 0 amide bonds. The first-order chi connectivity index (χ1) is 15.8. The van der Waals surface area contributed by atoms with Gasteiger partial charge in [0.25, 0.3) is 0 Å². The van der Waals surface area contributed by atoms with E-state index in [1.54, 1.807) is 0 Å². The smallest absolute Gasteiger partial charge is 0.160 e. The number of hydrogen-bond donors (Lipinski definition) is 0. The molecule has 0 aliphatic heterocycles. The van der Waals surface area contributed by atoms with Crippen LogP contribution in [0.5, 0.6) is 0 Å². The van der Waals surface area contributed by atoms with Crippen molar-refractivity contribution in [2.45, 2.75) is 0 Å². The van der Waals surface area contributed by atoms with Crippen molar-refractivity contribution in [3.8, 4) is 33.9 Å². The molecule has 152 valence electrons. The number of halogens is 1. The van der Waals surface area contributed by atoms with Gasteiger partial charge in [-0.1, -0.05) is 84.4 Å². The fraction of sp³-hybridized carbons (Fsp3) is 0. The van der Waals surface area contributed by atoms with Crippen LogP contribution in [-0.4, -0.2) is 9.97 Å². The van der Waals surface area contributed by atoms with E-state index in [1.807, 2.05) is 72.8 Å². The zero-order valence-electron chi connectivity index (χ0n) is 17.0. The van der Waals surface area contributed by atoms with Crippen LogP contribution in [0.25, 0.3) is 55.8 Å². The summed E-state index contributed by atoms with van der Waals surface area (Å²) in [6.07, 6.45) is 0. The quantitative estimate of drug-likeness (QED) is 0.284. The number of rotatable bonds is 3. The average Bonchev–Trinajstić information content (AvgIpc) is 3.24. The van der Waals surface area contributed by atoms with Gasteiger partial charge in [0.2, 0.25) is 0 Å². The number of aromatic nitrogens is 2. The average molecular weight is 433 g/mol. The summed E-state index contributed by atoms with van der Waals surface area (Å²) in [4.78, 5) is 9.84. The molecule has 0 bridgehead atoms. The zero-order valence-corrected chi connectivity index (χ0v) is 17.8. The Morgan fingerprint density at radius 3 is 1.88 bits per heavy atom. The van der Waals surface area contributed by atoms with Gasteiger partial charge in [0.1, 0.15) is 5.58 Å². The summed E-state index contributed by atoms with van der Waals surface area (Å²) in [6.45, 7) is 0. The molecule has 2 heterocycles. The molecule has 4 heteroatoms. The van der Waals surface area contributed by atoms with Crippen molar-refractivity contribution >= 4 is 33.5 Å². The van der Waals surface area contributed by atoms with Crippen molar-refractivity contribution in [2.24, 2.45) is 0 Å². The van der Waals surface area contributed by atoms with Crippen LogP contribution in [0.4, 0.5) is 0 Å². The highest BCUT2D eigenvalue weighted by Crippen LogP contribution is 2.35. The first-order valence-electron chi connectivity index (χ1n) is 10.4. The van der Waals surface area contributed by atoms with Crippen molar-refractivity contribution in [3.63, 3.8) is 0 Å². The molecule has 6 aromatic rings. The van der Waals surface area contributed by atoms with Crippen LogP contribution < -0.4 is 0 Å². The van der Waals surface area contributed by atoms with Gasteiger partial charge in [0.05, 0.1) is 16.4 Å². The minimum Gasteiger partial charge on any atom is -0.454 e. The SMILES string of the molecule is Clc1cccc2c1oc1ccc(-c3nc(-c4ccccc4)cc(-c4ccccc4)n3)cc12. The Morgan fingerprint density at radius 1 is 0.562 bits per heavy atom. The molecule has 32 heavy (non-hydrogen) atoms. The molecular weight excluding hydrogens is 416 g/mol. The second-order valence-corrected chi connectivity index (χ2v) is 8.03. The summed E-state index contributed by atoms with van der Waals surface area (Å²) in [5.41, 5.74) is 6.29. The predicted octanol–water partition coefficient (Wildman–Crippen LogP) is 8.03. The summed E-state index contributed by atoms with van der Waals surface area (Å²) in [5.74, 6) is 0.670. The summed E-state index contributed by atoms with van der Waals surface area (Å²) in [7, 11) is 0. The molecule has 3 nitrogen and oxygen atoms in total. The van der Waals surface area contributed by atoms with Crippen molar-refractivity contribution < 1.29 is 4.42 Å². The van der Waals surface area contributed by atoms with Gasteiger partial charge in [-0.05, 0) is 30.3 Å². The van der Waals surface area contributed by atoms with Crippen LogP contribution in [0.3, 0.4) is 0 Å². The molecule has 0 saturated carbocycles. The number of furan rings is 1. The van der Waals surface area contributed by atoms with Gasteiger partial charge in [0, 0.05) is 27.5 Å². The largest absolute Gasteiger partial charge is 0.454 e. The Kier molecular flexibility index (Phi) is 4.48. The fourth-order valence-corrected chi connectivity index (χ4v) is 4.21. The second kappa shape index (κ2) is 7.63. The summed E-state index contributed by atoms with van der Waals surface area (Å²) < 4.78 is 5.99. The molecule has 0 N–H and O–H groups in total. The van der Waals surface area contributed by atoms with Gasteiger partial charge in [0.15, 0.2) is 11.4 Å². The molecule has 0 aliphatic carbocycles. The first kappa shape index (κ1) is 18.8. The molecule has 6 rings (SSSR count). The van der Waals surface area contributed by atoms with Crippen LogP contribution in [-0.2, 0) is 0 Å². The molecule has 0 atom stereocenters. The van der Waals surface area contributed by atoms with E-state index in [9.17, 15) is 0 Å². The molecule has 4 aromatic carbocycles. The molecular formula is C28H17ClN2O. The van der Waals surface area contributed by atoms with Crippen LogP contribution >= 0.6 is 11.6 Å². The van der Waals surface area contributed by atoms with Gasteiger partial charge in [-0.15, -0.1) is 0 Å². The van der Waals surface area contributed by atoms with Crippen LogP contribution in [0.1, 0.15) is 0 Å². The highest BCUT2D eigenvalue weighted by molar-refractivity contribution is 6.35. The van der Waals surface area contributed by atoms with Crippen LogP contribution in [0, 0.1) is 0 Å². The molecule has 0 radical (unpaired) electrons. The van der Waals surface area contributed by atoms with E-state index in [4.69, 9.17) is 26.0 Å². The van der Waals surface area contributed by atoms with Gasteiger partial charge in [-0.2, -0.15) is 0 Å². The van der Waals surface area contributed by atoms with E-state index >= 15 is 0 Å². The number of nitrogens with zero attached hydrogens (tertiary/aromatic N) is 2. The summed E-state index contributed by atoms with van der Waals surface area (Å²) >= 11 is 6.34. The van der Waals surface area contributed by atoms with E-state index in [0.29, 0.717) is 16.4 Å². The van der Waals surface area contributed by atoms with E-state index in [1.165, 1.54) is 0 Å². The summed E-state index contributed by atoms with van der Waals surface area (Å²) in [5, 5.41) is 2.58. The minimum absolute atomic E-state index is 0.605.